The predicted molar refractivity (Wildman–Crippen MR) is 147 cm³/mol. The van der Waals surface area contributed by atoms with Gasteiger partial charge in [0, 0.05) is 13.0 Å². The van der Waals surface area contributed by atoms with Crippen molar-refractivity contribution in [3.8, 4) is 5.75 Å². The van der Waals surface area contributed by atoms with Crippen molar-refractivity contribution >= 4 is 40.9 Å². The summed E-state index contributed by atoms with van der Waals surface area (Å²) in [5.74, 6) is 0.342. The van der Waals surface area contributed by atoms with Crippen LogP contribution in [0, 0.1) is 5.41 Å². The molecule has 0 unspecified atom stereocenters. The molecule has 1 heterocycles. The van der Waals surface area contributed by atoms with E-state index in [1.54, 1.807) is 0 Å². The van der Waals surface area contributed by atoms with Gasteiger partial charge in [0.15, 0.2) is 28.4 Å². The molecule has 10 N–H and O–H groups in total. The second-order valence-electron chi connectivity index (χ2n) is 9.03. The molecule has 0 aliphatic heterocycles. The van der Waals surface area contributed by atoms with Gasteiger partial charge in [0.05, 0.1) is 12.4 Å². The van der Waals surface area contributed by atoms with Crippen molar-refractivity contribution in [2.75, 3.05) is 24.6 Å². The Labute approximate surface area is 221 Å². The minimum Gasteiger partial charge on any atom is -0.493 e. The van der Waals surface area contributed by atoms with Gasteiger partial charge in [-0.2, -0.15) is 0 Å². The number of fused-ring (bicyclic) bond motifs is 1. The van der Waals surface area contributed by atoms with Gasteiger partial charge in [-0.15, -0.1) is 0 Å². The van der Waals surface area contributed by atoms with E-state index >= 15 is 0 Å². The van der Waals surface area contributed by atoms with Crippen LogP contribution in [0.1, 0.15) is 72.1 Å². The third-order valence-electron chi connectivity index (χ3n) is 6.18. The number of nitrogens with zero attached hydrogens (tertiary/aromatic N) is 3. The fraction of sp³-hybridized carbons (Fsp3) is 0.480. The van der Waals surface area contributed by atoms with Crippen LogP contribution >= 0.6 is 11.6 Å². The number of hydrogen-bond donors (Lipinski definition) is 6. The SMILES string of the molecule is N=C(N)CCCCOc1ccc(CCCCN=C(N)NC(=O)c2nc(Cl)c(N)nc2N)c2c1CCCC2. The summed E-state index contributed by atoms with van der Waals surface area (Å²) in [6.07, 6.45) is 9.55. The number of halogens is 1. The normalized spacial score (nSPS) is 13.2. The molecule has 37 heavy (non-hydrogen) atoms. The van der Waals surface area contributed by atoms with E-state index in [1.807, 2.05) is 0 Å². The minimum absolute atomic E-state index is 0.0265. The molecule has 0 radical (unpaired) electrons. The van der Waals surface area contributed by atoms with Crippen LogP contribution in [0.2, 0.25) is 5.15 Å². The van der Waals surface area contributed by atoms with Crippen molar-refractivity contribution < 1.29 is 9.53 Å². The molecule has 3 rings (SSSR count). The predicted octanol–water partition coefficient (Wildman–Crippen LogP) is 2.73. The summed E-state index contributed by atoms with van der Waals surface area (Å²) in [5.41, 5.74) is 26.4. The lowest BCUT2D eigenvalue weighted by atomic mass is 9.86. The Morgan fingerprint density at radius 2 is 1.81 bits per heavy atom. The van der Waals surface area contributed by atoms with Gasteiger partial charge in [-0.05, 0) is 80.5 Å². The Hall–Kier alpha value is -3.60. The molecule has 1 aromatic carbocycles. The van der Waals surface area contributed by atoms with Gasteiger partial charge in [-0.3, -0.25) is 20.5 Å². The zero-order valence-corrected chi connectivity index (χ0v) is 21.7. The largest absolute Gasteiger partial charge is 0.493 e. The molecule has 0 saturated carbocycles. The summed E-state index contributed by atoms with van der Waals surface area (Å²) in [7, 11) is 0. The molecule has 0 spiro atoms. The quantitative estimate of drug-likeness (QED) is 0.136. The number of nitrogens with one attached hydrogen (secondary N) is 2. The van der Waals surface area contributed by atoms with Crippen LogP contribution in [0.4, 0.5) is 11.6 Å². The van der Waals surface area contributed by atoms with E-state index in [4.69, 9.17) is 44.7 Å². The molecule has 1 aromatic heterocycles. The minimum atomic E-state index is -0.652. The summed E-state index contributed by atoms with van der Waals surface area (Å²) in [6.45, 7) is 1.11. The summed E-state index contributed by atoms with van der Waals surface area (Å²) in [5, 5.41) is 9.65. The van der Waals surface area contributed by atoms with Gasteiger partial charge in [-0.1, -0.05) is 17.7 Å². The maximum Gasteiger partial charge on any atom is 0.280 e. The first-order chi connectivity index (χ1) is 17.8. The Bertz CT molecular complexity index is 1150. The second kappa shape index (κ2) is 13.6. The van der Waals surface area contributed by atoms with Gasteiger partial charge in [-0.25, -0.2) is 9.97 Å². The number of amidine groups is 1. The first-order valence-electron chi connectivity index (χ1n) is 12.5. The summed E-state index contributed by atoms with van der Waals surface area (Å²) < 4.78 is 6.09. The average molecular weight is 530 g/mol. The number of carbonyl (C=O) groups is 1. The fourth-order valence-electron chi connectivity index (χ4n) is 4.33. The molecule has 0 atom stereocenters. The van der Waals surface area contributed by atoms with E-state index in [0.717, 1.165) is 50.7 Å². The van der Waals surface area contributed by atoms with Crippen LogP contribution in [0.3, 0.4) is 0 Å². The average Bonchev–Trinajstić information content (AvgIpc) is 2.86. The van der Waals surface area contributed by atoms with Gasteiger partial charge < -0.3 is 27.7 Å². The third-order valence-corrected chi connectivity index (χ3v) is 6.46. The molecule has 1 aliphatic carbocycles. The number of ether oxygens (including phenoxy) is 1. The molecule has 200 valence electrons. The molecule has 1 aliphatic rings. The summed E-state index contributed by atoms with van der Waals surface area (Å²) in [6, 6.07) is 4.27. The van der Waals surface area contributed by atoms with Crippen molar-refractivity contribution in [1.82, 2.24) is 15.3 Å². The number of rotatable bonds is 12. The highest BCUT2D eigenvalue weighted by atomic mass is 35.5. The first-order valence-corrected chi connectivity index (χ1v) is 12.9. The highest BCUT2D eigenvalue weighted by Crippen LogP contribution is 2.33. The molecular weight excluding hydrogens is 494 g/mol. The lowest BCUT2D eigenvalue weighted by molar-refractivity contribution is 0.0972. The van der Waals surface area contributed by atoms with Crippen LogP contribution in [-0.2, 0) is 19.3 Å². The number of anilines is 2. The van der Waals surface area contributed by atoms with Crippen molar-refractivity contribution in [3.63, 3.8) is 0 Å². The van der Waals surface area contributed by atoms with Gasteiger partial charge in [0.25, 0.3) is 5.91 Å². The lowest BCUT2D eigenvalue weighted by Gasteiger charge is -2.23. The van der Waals surface area contributed by atoms with Crippen LogP contribution < -0.4 is 33.0 Å². The number of carbonyl (C=O) groups excluding carboxylic acids is 1. The van der Waals surface area contributed by atoms with E-state index in [9.17, 15) is 4.79 Å². The number of nitrogens with two attached hydrogens (primary N) is 4. The molecule has 0 bridgehead atoms. The van der Waals surface area contributed by atoms with Crippen LogP contribution in [0.15, 0.2) is 17.1 Å². The molecule has 12 heteroatoms. The van der Waals surface area contributed by atoms with Gasteiger partial charge >= 0.3 is 0 Å². The molecule has 1 amide bonds. The van der Waals surface area contributed by atoms with Crippen molar-refractivity contribution in [3.05, 3.63) is 39.7 Å². The number of hydrogen-bond acceptors (Lipinski definition) is 8. The van der Waals surface area contributed by atoms with E-state index < -0.39 is 5.91 Å². The van der Waals surface area contributed by atoms with E-state index in [2.05, 4.69) is 32.4 Å². The Balaban J connectivity index is 1.48. The van der Waals surface area contributed by atoms with E-state index in [0.29, 0.717) is 19.6 Å². The topological polar surface area (TPSA) is 204 Å². The molecule has 2 aromatic rings. The fourth-order valence-corrected chi connectivity index (χ4v) is 4.46. The number of aryl methyl sites for hydroxylation is 1. The van der Waals surface area contributed by atoms with Crippen LogP contribution in [-0.4, -0.2) is 40.8 Å². The second-order valence-corrected chi connectivity index (χ2v) is 9.39. The maximum atomic E-state index is 12.3. The monoisotopic (exact) mass is 529 g/mol. The zero-order valence-electron chi connectivity index (χ0n) is 21.0. The number of amides is 1. The van der Waals surface area contributed by atoms with Crippen molar-refractivity contribution in [2.45, 2.75) is 64.2 Å². The standard InChI is InChI=1S/C25H36ClN9O2/c26-21-23(30)34-22(29)20(33-21)24(36)35-25(31)32-13-5-3-7-15-11-12-18(17-9-2-1-8-16(15)17)37-14-6-4-10-19(27)28/h11-12H,1-10,13-14H2,(H3,27,28)(H4,29,30,34)(H3,31,32,35,36). The van der Waals surface area contributed by atoms with Crippen molar-refractivity contribution in [1.29, 1.82) is 5.41 Å². The first kappa shape index (κ1) is 28.0. The Kier molecular flexibility index (Phi) is 10.3. The van der Waals surface area contributed by atoms with Gasteiger partial charge in [0.1, 0.15) is 5.75 Å². The highest BCUT2D eigenvalue weighted by Gasteiger charge is 2.18. The van der Waals surface area contributed by atoms with E-state index in [-0.39, 0.29) is 34.3 Å². The van der Waals surface area contributed by atoms with Crippen molar-refractivity contribution in [2.24, 2.45) is 16.5 Å². The molecular formula is C25H36ClN9O2. The Morgan fingerprint density at radius 3 is 2.57 bits per heavy atom. The molecule has 0 saturated heterocycles. The third kappa shape index (κ3) is 8.21. The number of benzene rings is 1. The number of nitrogen functional groups attached to an aromatic ring is 2. The maximum absolute atomic E-state index is 12.3. The number of aromatic nitrogens is 2. The van der Waals surface area contributed by atoms with Crippen LogP contribution in [0.5, 0.6) is 5.75 Å². The number of unbranched alkanes of at least 4 members (excludes halogenated alkanes) is 2. The number of guanidine groups is 1. The number of aliphatic imine (C=N–C) groups is 1. The summed E-state index contributed by atoms with van der Waals surface area (Å²) >= 11 is 5.82. The zero-order chi connectivity index (χ0) is 26.8. The van der Waals surface area contributed by atoms with E-state index in [1.165, 1.54) is 29.5 Å². The smallest absolute Gasteiger partial charge is 0.280 e. The summed E-state index contributed by atoms with van der Waals surface area (Å²) in [4.78, 5) is 24.2. The molecule has 0 fully saturated rings. The molecule has 11 nitrogen and oxygen atoms in total. The lowest BCUT2D eigenvalue weighted by Crippen LogP contribution is -2.38. The van der Waals surface area contributed by atoms with Crippen LogP contribution in [0.25, 0.3) is 0 Å². The highest BCUT2D eigenvalue weighted by molar-refractivity contribution is 6.31. The van der Waals surface area contributed by atoms with Gasteiger partial charge in [0.2, 0.25) is 0 Å². The Morgan fingerprint density at radius 1 is 1.05 bits per heavy atom.